The average Bonchev–Trinajstić information content (AvgIpc) is 2.57. The van der Waals surface area contributed by atoms with Gasteiger partial charge in [0, 0.05) is 30.3 Å². The molecule has 24 heavy (non-hydrogen) atoms. The summed E-state index contributed by atoms with van der Waals surface area (Å²) in [6.45, 7) is 2.08. The fourth-order valence-corrected chi connectivity index (χ4v) is 3.98. The van der Waals surface area contributed by atoms with Crippen molar-refractivity contribution in [1.82, 2.24) is 0 Å². The van der Waals surface area contributed by atoms with Gasteiger partial charge in [-0.15, -0.1) is 0 Å². The lowest BCUT2D eigenvalue weighted by molar-refractivity contribution is -0.526. The molecule has 5 nitrogen and oxygen atoms in total. The van der Waals surface area contributed by atoms with Crippen molar-refractivity contribution in [2.24, 2.45) is 11.8 Å². The molecule has 1 aliphatic carbocycles. The molecule has 0 aromatic rings. The van der Waals surface area contributed by atoms with Gasteiger partial charge in [-0.2, -0.15) is 0 Å². The predicted octanol–water partition coefficient (Wildman–Crippen LogP) is 4.32. The van der Waals surface area contributed by atoms with Crippen LogP contribution >= 0.6 is 0 Å². The van der Waals surface area contributed by atoms with Gasteiger partial charge in [-0.3, -0.25) is 10.1 Å². The first-order valence-electron chi connectivity index (χ1n) is 10.0. The van der Waals surface area contributed by atoms with Crippen molar-refractivity contribution < 1.29 is 15.1 Å². The largest absolute Gasteiger partial charge is 0.396 e. The van der Waals surface area contributed by atoms with Crippen molar-refractivity contribution in [2.45, 2.75) is 103 Å². The molecular formula is C19H37NO4. The van der Waals surface area contributed by atoms with E-state index in [1.54, 1.807) is 0 Å². The fourth-order valence-electron chi connectivity index (χ4n) is 3.98. The number of rotatable bonds is 5. The van der Waals surface area contributed by atoms with Crippen molar-refractivity contribution >= 4 is 0 Å². The molecule has 0 radical (unpaired) electrons. The number of nitrogens with zero attached hydrogens (tertiary/aromatic N) is 1. The molecule has 0 bridgehead atoms. The lowest BCUT2D eigenvalue weighted by Crippen LogP contribution is -2.35. The summed E-state index contributed by atoms with van der Waals surface area (Å²) in [5.74, 6) is -0.206. The van der Waals surface area contributed by atoms with Crippen molar-refractivity contribution in [1.29, 1.82) is 0 Å². The Balaban J connectivity index is 2.81. The van der Waals surface area contributed by atoms with Crippen LogP contribution in [0.15, 0.2) is 0 Å². The summed E-state index contributed by atoms with van der Waals surface area (Å²) in [5, 5.41) is 31.9. The Kier molecular flexibility index (Phi) is 11.3. The summed E-state index contributed by atoms with van der Waals surface area (Å²) in [7, 11) is 0. The van der Waals surface area contributed by atoms with Gasteiger partial charge in [0.1, 0.15) is 0 Å². The number of unbranched alkanes of at least 4 members (excludes halogenated alkanes) is 1. The Hall–Kier alpha value is -0.680. The molecule has 2 N–H and O–H groups in total. The van der Waals surface area contributed by atoms with Gasteiger partial charge in [-0.25, -0.2) is 0 Å². The maximum atomic E-state index is 11.4. The van der Waals surface area contributed by atoms with E-state index in [2.05, 4.69) is 6.92 Å². The third kappa shape index (κ3) is 7.93. The average molecular weight is 344 g/mol. The monoisotopic (exact) mass is 343 g/mol. The van der Waals surface area contributed by atoms with Crippen molar-refractivity contribution in [3.63, 3.8) is 0 Å². The van der Waals surface area contributed by atoms with E-state index in [9.17, 15) is 20.3 Å². The zero-order valence-corrected chi connectivity index (χ0v) is 15.4. The van der Waals surface area contributed by atoms with Crippen LogP contribution in [0.5, 0.6) is 0 Å². The lowest BCUT2D eigenvalue weighted by Gasteiger charge is -2.30. The van der Waals surface area contributed by atoms with Crippen LogP contribution in [0.2, 0.25) is 0 Å². The summed E-state index contributed by atoms with van der Waals surface area (Å²) in [6.07, 6.45) is 11.8. The SMILES string of the molecule is CCCCC1CC([N+](=O)[O-])CCCCCCCCC[C@H](CO)[C@H]1O. The zero-order valence-electron chi connectivity index (χ0n) is 15.4. The molecule has 1 aliphatic rings. The standard InChI is InChI=1S/C19H37NO4/c1-2-3-11-16-14-18(20(23)24)13-10-8-6-4-5-7-9-12-17(15-21)19(16)22/h16-19,21-22H,2-15H2,1H3/t16?,17-,18?,19+/m1/s1. The number of aliphatic hydroxyl groups is 2. The zero-order chi connectivity index (χ0) is 17.8. The first-order chi connectivity index (χ1) is 11.6. The topological polar surface area (TPSA) is 83.6 Å². The molecular weight excluding hydrogens is 306 g/mol. The van der Waals surface area contributed by atoms with Crippen LogP contribution in [0.25, 0.3) is 0 Å². The molecule has 142 valence electrons. The first-order valence-corrected chi connectivity index (χ1v) is 10.0. The number of hydrogen-bond donors (Lipinski definition) is 2. The summed E-state index contributed by atoms with van der Waals surface area (Å²) < 4.78 is 0. The van der Waals surface area contributed by atoms with Crippen LogP contribution in [0.3, 0.4) is 0 Å². The smallest absolute Gasteiger partial charge is 0.213 e. The first kappa shape index (κ1) is 21.4. The Labute approximate surface area is 147 Å². The van der Waals surface area contributed by atoms with Crippen molar-refractivity contribution in [2.75, 3.05) is 6.61 Å². The molecule has 0 heterocycles. The van der Waals surface area contributed by atoms with Crippen LogP contribution in [0.1, 0.15) is 90.4 Å². The molecule has 5 heteroatoms. The molecule has 0 amide bonds. The van der Waals surface area contributed by atoms with Crippen molar-refractivity contribution in [3.8, 4) is 0 Å². The van der Waals surface area contributed by atoms with E-state index in [4.69, 9.17) is 0 Å². The Morgan fingerprint density at radius 1 is 1.00 bits per heavy atom. The molecule has 0 aliphatic heterocycles. The molecule has 2 unspecified atom stereocenters. The minimum atomic E-state index is -0.619. The third-order valence-electron chi connectivity index (χ3n) is 5.61. The van der Waals surface area contributed by atoms with E-state index in [0.29, 0.717) is 12.8 Å². The molecule has 4 atom stereocenters. The summed E-state index contributed by atoms with van der Waals surface area (Å²) in [4.78, 5) is 11.3. The highest BCUT2D eigenvalue weighted by Crippen LogP contribution is 2.29. The maximum absolute atomic E-state index is 11.4. The van der Waals surface area contributed by atoms with Crippen LogP contribution in [0.4, 0.5) is 0 Å². The van der Waals surface area contributed by atoms with Crippen LogP contribution in [0, 0.1) is 22.0 Å². The quantitative estimate of drug-likeness (QED) is 0.575. The van der Waals surface area contributed by atoms with Gasteiger partial charge < -0.3 is 10.2 Å². The van der Waals surface area contributed by atoms with Crippen LogP contribution in [-0.4, -0.2) is 33.9 Å². The number of nitro groups is 1. The van der Waals surface area contributed by atoms with Crippen molar-refractivity contribution in [3.05, 3.63) is 10.1 Å². The van der Waals surface area contributed by atoms with E-state index in [1.807, 2.05) is 0 Å². The predicted molar refractivity (Wildman–Crippen MR) is 96.6 cm³/mol. The Bertz CT molecular complexity index is 337. The van der Waals surface area contributed by atoms with Crippen LogP contribution in [-0.2, 0) is 0 Å². The van der Waals surface area contributed by atoms with Crippen LogP contribution < -0.4 is 0 Å². The van der Waals surface area contributed by atoms with Gasteiger partial charge >= 0.3 is 0 Å². The minimum Gasteiger partial charge on any atom is -0.396 e. The second-order valence-corrected chi connectivity index (χ2v) is 7.56. The number of aliphatic hydroxyl groups excluding tert-OH is 2. The second-order valence-electron chi connectivity index (χ2n) is 7.56. The molecule has 0 spiro atoms. The van der Waals surface area contributed by atoms with Gasteiger partial charge in [-0.1, -0.05) is 58.3 Å². The highest BCUT2D eigenvalue weighted by Gasteiger charge is 2.32. The van der Waals surface area contributed by atoms with E-state index in [-0.39, 0.29) is 23.4 Å². The lowest BCUT2D eigenvalue weighted by atomic mass is 9.80. The Morgan fingerprint density at radius 3 is 2.12 bits per heavy atom. The summed E-state index contributed by atoms with van der Waals surface area (Å²) >= 11 is 0. The Morgan fingerprint density at radius 2 is 1.58 bits per heavy atom. The summed E-state index contributed by atoms with van der Waals surface area (Å²) in [6, 6.07) is -0.552. The normalized spacial score (nSPS) is 31.3. The maximum Gasteiger partial charge on any atom is 0.213 e. The third-order valence-corrected chi connectivity index (χ3v) is 5.61. The molecule has 1 rings (SSSR count). The molecule has 0 aromatic carbocycles. The molecule has 1 saturated carbocycles. The molecule has 1 fully saturated rings. The van der Waals surface area contributed by atoms with Gasteiger partial charge in [0.15, 0.2) is 0 Å². The van der Waals surface area contributed by atoms with Gasteiger partial charge in [-0.05, 0) is 25.2 Å². The van der Waals surface area contributed by atoms with E-state index in [0.717, 1.165) is 57.8 Å². The minimum absolute atomic E-state index is 0.0209. The van der Waals surface area contributed by atoms with E-state index >= 15 is 0 Å². The number of hydrogen-bond acceptors (Lipinski definition) is 4. The molecule has 0 saturated heterocycles. The highest BCUT2D eigenvalue weighted by atomic mass is 16.6. The van der Waals surface area contributed by atoms with Gasteiger partial charge in [0.25, 0.3) is 0 Å². The van der Waals surface area contributed by atoms with E-state index < -0.39 is 12.1 Å². The summed E-state index contributed by atoms with van der Waals surface area (Å²) in [5.41, 5.74) is 0. The van der Waals surface area contributed by atoms with Gasteiger partial charge in [0.2, 0.25) is 6.04 Å². The fraction of sp³-hybridized carbons (Fsp3) is 1.00. The molecule has 0 aromatic heterocycles. The second kappa shape index (κ2) is 12.6. The van der Waals surface area contributed by atoms with E-state index in [1.165, 1.54) is 12.8 Å². The highest BCUT2D eigenvalue weighted by molar-refractivity contribution is 4.79. The van der Waals surface area contributed by atoms with Gasteiger partial charge in [0.05, 0.1) is 6.10 Å².